The number of H-pyrrole nitrogens is 1. The largest absolute Gasteiger partial charge is 0.486 e. The molecule has 0 aliphatic carbocycles. The highest BCUT2D eigenvalue weighted by molar-refractivity contribution is 9.10. The minimum Gasteiger partial charge on any atom is -0.486 e. The molecule has 6 nitrogen and oxygen atoms in total. The van der Waals surface area contributed by atoms with E-state index in [9.17, 15) is 9.59 Å². The van der Waals surface area contributed by atoms with E-state index in [4.69, 9.17) is 39.5 Å². The van der Waals surface area contributed by atoms with Crippen LogP contribution in [0.5, 0.6) is 5.75 Å². The van der Waals surface area contributed by atoms with Gasteiger partial charge in [0, 0.05) is 0 Å². The fourth-order valence-electron chi connectivity index (χ4n) is 2.96. The molecule has 4 aromatic rings. The van der Waals surface area contributed by atoms with Gasteiger partial charge in [-0.2, -0.15) is 5.10 Å². The van der Waals surface area contributed by atoms with Crippen LogP contribution in [0.25, 0.3) is 10.9 Å². The Kier molecular flexibility index (Phi) is 6.71. The van der Waals surface area contributed by atoms with E-state index in [1.165, 1.54) is 6.21 Å². The summed E-state index contributed by atoms with van der Waals surface area (Å²) in [5, 5.41) is 5.61. The van der Waals surface area contributed by atoms with Crippen molar-refractivity contribution in [1.82, 2.24) is 9.66 Å². The molecule has 4 rings (SSSR count). The molecular formula is C22H13BrCl3N3O3. The topological polar surface area (TPSA) is 76.5 Å². The van der Waals surface area contributed by atoms with Crippen LogP contribution in [-0.2, 0) is 6.61 Å². The fourth-order valence-corrected chi connectivity index (χ4v) is 4.27. The molecule has 3 aromatic carbocycles. The molecule has 10 heteroatoms. The van der Waals surface area contributed by atoms with Gasteiger partial charge in [0.2, 0.25) is 0 Å². The number of ether oxygens (including phenoxy) is 1. The van der Waals surface area contributed by atoms with Gasteiger partial charge in [-0.1, -0.05) is 53.0 Å². The number of aromatic amines is 1. The number of benzene rings is 3. The molecule has 0 spiro atoms. The quantitative estimate of drug-likeness (QED) is 0.314. The number of rotatable bonds is 5. The highest BCUT2D eigenvalue weighted by Gasteiger charge is 2.11. The van der Waals surface area contributed by atoms with E-state index in [1.807, 2.05) is 0 Å². The first kappa shape index (κ1) is 22.6. The molecule has 0 amide bonds. The molecule has 0 fully saturated rings. The Balaban J connectivity index is 1.59. The van der Waals surface area contributed by atoms with E-state index in [-0.39, 0.29) is 6.61 Å². The molecule has 1 N–H and O–H groups in total. The molecule has 1 heterocycles. The number of halogens is 4. The van der Waals surface area contributed by atoms with Crippen LogP contribution in [0.1, 0.15) is 11.1 Å². The zero-order chi connectivity index (χ0) is 22.8. The summed E-state index contributed by atoms with van der Waals surface area (Å²) in [6, 6.07) is 15.2. The summed E-state index contributed by atoms with van der Waals surface area (Å²) >= 11 is 21.8. The van der Waals surface area contributed by atoms with Gasteiger partial charge in [-0.15, -0.1) is 4.68 Å². The van der Waals surface area contributed by atoms with Gasteiger partial charge in [0.15, 0.2) is 5.75 Å². The third kappa shape index (κ3) is 4.76. The fraction of sp³-hybridized carbons (Fsp3) is 0.0455. The average molecular weight is 554 g/mol. The Bertz CT molecular complexity index is 1460. The van der Waals surface area contributed by atoms with Gasteiger partial charge >= 0.3 is 5.69 Å². The maximum atomic E-state index is 12.6. The molecule has 0 bridgehead atoms. The van der Waals surface area contributed by atoms with Gasteiger partial charge in [0.25, 0.3) is 5.56 Å². The van der Waals surface area contributed by atoms with Crippen molar-refractivity contribution in [3.8, 4) is 5.75 Å². The van der Waals surface area contributed by atoms with Crippen LogP contribution in [0.4, 0.5) is 0 Å². The second kappa shape index (κ2) is 9.50. The summed E-state index contributed by atoms with van der Waals surface area (Å²) in [5.74, 6) is 0.426. The molecule has 1 aromatic heterocycles. The van der Waals surface area contributed by atoms with Crippen LogP contribution in [0.3, 0.4) is 0 Å². The lowest BCUT2D eigenvalue weighted by Crippen LogP contribution is -2.32. The van der Waals surface area contributed by atoms with E-state index in [0.717, 1.165) is 10.2 Å². The second-order valence-corrected chi connectivity index (χ2v) is 8.76. The lowest BCUT2D eigenvalue weighted by molar-refractivity contribution is 0.304. The predicted octanol–water partition coefficient (Wildman–Crippen LogP) is 5.87. The first-order valence-electron chi connectivity index (χ1n) is 9.17. The highest BCUT2D eigenvalue weighted by Crippen LogP contribution is 2.35. The van der Waals surface area contributed by atoms with Gasteiger partial charge in [-0.25, -0.2) is 4.79 Å². The van der Waals surface area contributed by atoms with Crippen molar-refractivity contribution in [2.45, 2.75) is 6.61 Å². The number of para-hydroxylation sites is 1. The minimum atomic E-state index is -0.642. The van der Waals surface area contributed by atoms with Gasteiger partial charge < -0.3 is 9.72 Å². The molecule has 0 aliphatic rings. The van der Waals surface area contributed by atoms with Gasteiger partial charge in [0.1, 0.15) is 6.61 Å². The minimum absolute atomic E-state index is 0.227. The van der Waals surface area contributed by atoms with Crippen LogP contribution in [-0.4, -0.2) is 15.9 Å². The van der Waals surface area contributed by atoms with Crippen molar-refractivity contribution in [1.29, 1.82) is 0 Å². The number of nitrogens with zero attached hydrogens (tertiary/aromatic N) is 2. The van der Waals surface area contributed by atoms with Crippen LogP contribution in [0.15, 0.2) is 73.8 Å². The first-order chi connectivity index (χ1) is 15.3. The van der Waals surface area contributed by atoms with Crippen molar-refractivity contribution in [2.75, 3.05) is 0 Å². The first-order valence-corrected chi connectivity index (χ1v) is 11.1. The normalized spacial score (nSPS) is 11.4. The molecule has 162 valence electrons. The van der Waals surface area contributed by atoms with Gasteiger partial charge in [0.05, 0.1) is 36.7 Å². The standard InChI is InChI=1S/C22H13BrCl3N3O3/c23-15-7-13(9-18(26)20(15)32-11-12-5-6-16(24)17(25)8-12)10-27-29-21(30)14-3-1-2-4-19(14)28-22(29)31/h1-10H,11H2,(H,28,31). The van der Waals surface area contributed by atoms with Gasteiger partial charge in [-0.05, 0) is 63.5 Å². The van der Waals surface area contributed by atoms with E-state index >= 15 is 0 Å². The summed E-state index contributed by atoms with van der Waals surface area (Å²) in [6.07, 6.45) is 1.37. The second-order valence-electron chi connectivity index (χ2n) is 6.69. The van der Waals surface area contributed by atoms with Crippen molar-refractivity contribution < 1.29 is 4.74 Å². The molecule has 0 saturated carbocycles. The monoisotopic (exact) mass is 551 g/mol. The Morgan fingerprint density at radius 2 is 1.78 bits per heavy atom. The van der Waals surface area contributed by atoms with E-state index in [2.05, 4.69) is 26.0 Å². The van der Waals surface area contributed by atoms with Gasteiger partial charge in [-0.3, -0.25) is 4.79 Å². The van der Waals surface area contributed by atoms with Crippen LogP contribution < -0.4 is 16.0 Å². The lowest BCUT2D eigenvalue weighted by atomic mass is 10.2. The Morgan fingerprint density at radius 1 is 1.00 bits per heavy atom. The summed E-state index contributed by atoms with van der Waals surface area (Å²) in [5.41, 5.74) is 0.665. The zero-order valence-electron chi connectivity index (χ0n) is 16.1. The van der Waals surface area contributed by atoms with Crippen LogP contribution >= 0.6 is 50.7 Å². The summed E-state index contributed by atoms with van der Waals surface area (Å²) in [4.78, 5) is 27.5. The maximum Gasteiger partial charge on any atom is 0.349 e. The summed E-state index contributed by atoms with van der Waals surface area (Å²) in [6.45, 7) is 0.227. The number of fused-ring (bicyclic) bond motifs is 1. The van der Waals surface area contributed by atoms with Crippen LogP contribution in [0, 0.1) is 0 Å². The molecule has 0 saturated heterocycles. The van der Waals surface area contributed by atoms with E-state index < -0.39 is 11.2 Å². The molecule has 0 radical (unpaired) electrons. The molecule has 0 atom stereocenters. The Morgan fingerprint density at radius 3 is 2.53 bits per heavy atom. The Hall–Kier alpha value is -2.58. The number of nitrogens with one attached hydrogen (secondary N) is 1. The van der Waals surface area contributed by atoms with Crippen LogP contribution in [0.2, 0.25) is 15.1 Å². The smallest absolute Gasteiger partial charge is 0.349 e. The van der Waals surface area contributed by atoms with Crippen molar-refractivity contribution >= 4 is 67.9 Å². The van der Waals surface area contributed by atoms with E-state index in [0.29, 0.717) is 41.8 Å². The zero-order valence-corrected chi connectivity index (χ0v) is 20.0. The lowest BCUT2D eigenvalue weighted by Gasteiger charge is -2.11. The molecular weight excluding hydrogens is 541 g/mol. The third-order valence-corrected chi connectivity index (χ3v) is 6.10. The Labute approximate surface area is 205 Å². The predicted molar refractivity (Wildman–Crippen MR) is 132 cm³/mol. The molecule has 0 aliphatic heterocycles. The van der Waals surface area contributed by atoms with Crippen molar-refractivity contribution in [2.24, 2.45) is 5.10 Å². The van der Waals surface area contributed by atoms with E-state index in [1.54, 1.807) is 54.6 Å². The summed E-state index contributed by atoms with van der Waals surface area (Å²) < 4.78 is 7.16. The van der Waals surface area contributed by atoms with Crippen molar-refractivity contribution in [3.63, 3.8) is 0 Å². The number of hydrogen-bond acceptors (Lipinski definition) is 4. The summed E-state index contributed by atoms with van der Waals surface area (Å²) in [7, 11) is 0. The third-order valence-electron chi connectivity index (χ3n) is 4.49. The highest BCUT2D eigenvalue weighted by atomic mass is 79.9. The average Bonchev–Trinajstić information content (AvgIpc) is 2.75. The van der Waals surface area contributed by atoms with Crippen molar-refractivity contribution in [3.05, 3.63) is 106 Å². The maximum absolute atomic E-state index is 12.6. The number of hydrogen-bond donors (Lipinski definition) is 1. The number of aromatic nitrogens is 2. The molecule has 0 unspecified atom stereocenters. The SMILES string of the molecule is O=c1[nH]c2ccccc2c(=O)n1N=Cc1cc(Cl)c(OCc2ccc(Cl)c(Cl)c2)c(Br)c1. The molecule has 32 heavy (non-hydrogen) atoms.